The van der Waals surface area contributed by atoms with E-state index in [-0.39, 0.29) is 12.1 Å². The van der Waals surface area contributed by atoms with E-state index in [0.29, 0.717) is 29.6 Å². The summed E-state index contributed by atoms with van der Waals surface area (Å²) in [5.74, 6) is 1.64. The molecule has 0 saturated heterocycles. The van der Waals surface area contributed by atoms with Crippen molar-refractivity contribution in [2.24, 2.45) is 0 Å². The first kappa shape index (κ1) is 23.5. The van der Waals surface area contributed by atoms with Gasteiger partial charge in [0.05, 0.1) is 38.2 Å². The van der Waals surface area contributed by atoms with Crippen molar-refractivity contribution in [3.63, 3.8) is 0 Å². The highest BCUT2D eigenvalue weighted by Crippen LogP contribution is 2.38. The van der Waals surface area contributed by atoms with E-state index in [2.05, 4.69) is 72.4 Å². The molecule has 6 heteroatoms. The normalized spacial score (nSPS) is 14.6. The third kappa shape index (κ3) is 4.31. The zero-order chi connectivity index (χ0) is 25.2. The summed E-state index contributed by atoms with van der Waals surface area (Å²) in [5, 5.41) is 3.09. The molecule has 0 radical (unpaired) electrons. The summed E-state index contributed by atoms with van der Waals surface area (Å²) >= 11 is 0. The topological polar surface area (TPSA) is 55.7 Å². The Hall–Kier alpha value is -4.19. The average Bonchev–Trinajstić information content (AvgIpc) is 3.33. The van der Waals surface area contributed by atoms with Crippen LogP contribution in [0, 0.1) is 0 Å². The Bertz CT molecular complexity index is 1370. The molecule has 1 aliphatic rings. The van der Waals surface area contributed by atoms with Crippen LogP contribution in [0.15, 0.2) is 85.1 Å². The number of carbonyl (C=O) groups is 1. The smallest absolute Gasteiger partial charge is 0.323 e. The molecule has 6 nitrogen and oxygen atoms in total. The van der Waals surface area contributed by atoms with E-state index in [1.165, 1.54) is 5.56 Å². The summed E-state index contributed by atoms with van der Waals surface area (Å²) in [7, 11) is 3.19. The van der Waals surface area contributed by atoms with Gasteiger partial charge in [-0.05, 0) is 52.9 Å². The molecule has 0 unspecified atom stereocenters. The monoisotopic (exact) mass is 481 g/mol. The van der Waals surface area contributed by atoms with Gasteiger partial charge in [-0.15, -0.1) is 0 Å². The van der Waals surface area contributed by atoms with Crippen molar-refractivity contribution >= 4 is 11.7 Å². The molecular formula is C30H31N3O3. The van der Waals surface area contributed by atoms with Gasteiger partial charge in [0, 0.05) is 18.0 Å². The largest absolute Gasteiger partial charge is 0.497 e. The van der Waals surface area contributed by atoms with Gasteiger partial charge in [-0.1, -0.05) is 56.3 Å². The molecule has 1 aromatic heterocycles. The van der Waals surface area contributed by atoms with Crippen LogP contribution in [0.25, 0.3) is 5.69 Å². The number of ether oxygens (including phenoxy) is 2. The Kier molecular flexibility index (Phi) is 6.42. The lowest BCUT2D eigenvalue weighted by Crippen LogP contribution is -2.38. The number of amides is 2. The number of hydrogen-bond acceptors (Lipinski definition) is 3. The van der Waals surface area contributed by atoms with E-state index in [9.17, 15) is 4.79 Å². The number of aromatic nitrogens is 1. The van der Waals surface area contributed by atoms with E-state index in [1.807, 2.05) is 29.2 Å². The van der Waals surface area contributed by atoms with Gasteiger partial charge in [0.25, 0.3) is 0 Å². The molecule has 4 aromatic rings. The molecule has 5 rings (SSSR count). The number of carbonyl (C=O) groups excluding carboxylic acids is 1. The zero-order valence-electron chi connectivity index (χ0n) is 21.1. The van der Waals surface area contributed by atoms with E-state index < -0.39 is 0 Å². The molecule has 3 aromatic carbocycles. The van der Waals surface area contributed by atoms with E-state index >= 15 is 0 Å². The van der Waals surface area contributed by atoms with Crippen LogP contribution in [0.4, 0.5) is 10.5 Å². The van der Waals surface area contributed by atoms with Crippen LogP contribution in [0.1, 0.15) is 48.2 Å². The highest BCUT2D eigenvalue weighted by Gasteiger charge is 2.33. The first-order valence-corrected chi connectivity index (χ1v) is 12.1. The molecule has 1 atom stereocenters. The third-order valence-corrected chi connectivity index (χ3v) is 6.79. The van der Waals surface area contributed by atoms with Crippen LogP contribution in [0.5, 0.6) is 11.5 Å². The lowest BCUT2D eigenvalue weighted by Gasteiger charge is -2.31. The van der Waals surface area contributed by atoms with E-state index in [1.54, 1.807) is 26.4 Å². The second kappa shape index (κ2) is 9.82. The molecule has 0 spiro atoms. The van der Waals surface area contributed by atoms with Gasteiger partial charge in [-0.3, -0.25) is 0 Å². The summed E-state index contributed by atoms with van der Waals surface area (Å²) in [4.78, 5) is 15.9. The number of nitrogens with one attached hydrogen (secondary N) is 1. The third-order valence-electron chi connectivity index (χ3n) is 6.79. The molecule has 1 N–H and O–H groups in total. The number of nitrogens with zero attached hydrogens (tertiary/aromatic N) is 2. The predicted octanol–water partition coefficient (Wildman–Crippen LogP) is 6.76. The standard InChI is InChI=1S/C30H31N3O3/c1-20(2)21-11-13-22(14-12-21)29-27-10-7-17-32(27)26-9-6-5-8-23(26)19-33(29)30(34)31-25-16-15-24(35-3)18-28(25)36-4/h5-18,20,29H,19H2,1-4H3,(H,31,34)/t29-/m0/s1. The lowest BCUT2D eigenvalue weighted by molar-refractivity contribution is 0.194. The molecule has 2 heterocycles. The van der Waals surface area contributed by atoms with Crippen LogP contribution in [0.2, 0.25) is 0 Å². The Morgan fingerprint density at radius 2 is 1.72 bits per heavy atom. The molecule has 0 fully saturated rings. The lowest BCUT2D eigenvalue weighted by atomic mass is 9.97. The number of methoxy groups -OCH3 is 2. The second-order valence-electron chi connectivity index (χ2n) is 9.28. The van der Waals surface area contributed by atoms with Gasteiger partial charge in [0.2, 0.25) is 0 Å². The summed E-state index contributed by atoms with van der Waals surface area (Å²) in [6.45, 7) is 4.83. The van der Waals surface area contributed by atoms with Crippen molar-refractivity contribution in [1.29, 1.82) is 0 Å². The summed E-state index contributed by atoms with van der Waals surface area (Å²) < 4.78 is 13.0. The fraction of sp³-hybridized carbons (Fsp3) is 0.233. The highest BCUT2D eigenvalue weighted by molar-refractivity contribution is 5.92. The number of fused-ring (bicyclic) bond motifs is 3. The number of rotatable bonds is 5. The van der Waals surface area contributed by atoms with Gasteiger partial charge >= 0.3 is 6.03 Å². The maximum Gasteiger partial charge on any atom is 0.323 e. The number of urea groups is 1. The van der Waals surface area contributed by atoms with Gasteiger partial charge < -0.3 is 24.3 Å². The Morgan fingerprint density at radius 1 is 0.944 bits per heavy atom. The Morgan fingerprint density at radius 3 is 2.44 bits per heavy atom. The molecule has 36 heavy (non-hydrogen) atoms. The Labute approximate surface area is 212 Å². The summed E-state index contributed by atoms with van der Waals surface area (Å²) in [5.41, 5.74) is 6.11. The van der Waals surface area contributed by atoms with Gasteiger partial charge in [0.1, 0.15) is 11.5 Å². The SMILES string of the molecule is COc1ccc(NC(=O)N2Cc3ccccc3-n3cccc3[C@@H]2c2ccc(C(C)C)cc2)c(OC)c1. The number of anilines is 1. The van der Waals surface area contributed by atoms with Crippen LogP contribution >= 0.6 is 0 Å². The Balaban J connectivity index is 1.60. The molecule has 2 amide bonds. The van der Waals surface area contributed by atoms with Gasteiger partial charge in [0.15, 0.2) is 0 Å². The maximum atomic E-state index is 14.0. The second-order valence-corrected chi connectivity index (χ2v) is 9.28. The van der Waals surface area contributed by atoms with Crippen LogP contribution < -0.4 is 14.8 Å². The average molecular weight is 482 g/mol. The minimum absolute atomic E-state index is 0.208. The minimum Gasteiger partial charge on any atom is -0.497 e. The van der Waals surface area contributed by atoms with Gasteiger partial charge in [-0.2, -0.15) is 0 Å². The zero-order valence-corrected chi connectivity index (χ0v) is 21.1. The van der Waals surface area contributed by atoms with Crippen LogP contribution in [-0.4, -0.2) is 29.7 Å². The molecule has 0 aliphatic carbocycles. The summed E-state index contributed by atoms with van der Waals surface area (Å²) in [6.07, 6.45) is 2.07. The first-order chi connectivity index (χ1) is 17.5. The fourth-order valence-electron chi connectivity index (χ4n) is 4.84. The first-order valence-electron chi connectivity index (χ1n) is 12.1. The molecular weight excluding hydrogens is 450 g/mol. The molecule has 0 saturated carbocycles. The van der Waals surface area contributed by atoms with Crippen molar-refractivity contribution in [2.75, 3.05) is 19.5 Å². The van der Waals surface area contributed by atoms with Crippen molar-refractivity contribution in [1.82, 2.24) is 9.47 Å². The highest BCUT2D eigenvalue weighted by atomic mass is 16.5. The van der Waals surface area contributed by atoms with Crippen molar-refractivity contribution < 1.29 is 14.3 Å². The van der Waals surface area contributed by atoms with Crippen LogP contribution in [-0.2, 0) is 6.54 Å². The van der Waals surface area contributed by atoms with Crippen molar-refractivity contribution in [3.8, 4) is 17.2 Å². The van der Waals surface area contributed by atoms with Crippen molar-refractivity contribution in [2.45, 2.75) is 32.4 Å². The predicted molar refractivity (Wildman–Crippen MR) is 142 cm³/mol. The maximum absolute atomic E-state index is 14.0. The van der Waals surface area contributed by atoms with E-state index in [4.69, 9.17) is 9.47 Å². The van der Waals surface area contributed by atoms with E-state index in [0.717, 1.165) is 22.5 Å². The number of benzene rings is 3. The van der Waals surface area contributed by atoms with Crippen LogP contribution in [0.3, 0.4) is 0 Å². The molecule has 0 bridgehead atoms. The fourth-order valence-corrected chi connectivity index (χ4v) is 4.84. The van der Waals surface area contributed by atoms with Crippen molar-refractivity contribution in [3.05, 3.63) is 107 Å². The quantitative estimate of drug-likeness (QED) is 0.343. The number of hydrogen-bond donors (Lipinski definition) is 1. The van der Waals surface area contributed by atoms with Gasteiger partial charge in [-0.25, -0.2) is 4.79 Å². The molecule has 184 valence electrons. The summed E-state index contributed by atoms with van der Waals surface area (Å²) in [6, 6.07) is 25.9. The molecule has 1 aliphatic heterocycles. The number of para-hydroxylation sites is 1. The minimum atomic E-state index is -0.280.